The zero-order valence-corrected chi connectivity index (χ0v) is 12.6. The van der Waals surface area contributed by atoms with Crippen LogP contribution in [0, 0.1) is 0 Å². The van der Waals surface area contributed by atoms with Crippen molar-refractivity contribution >= 4 is 0 Å². The van der Waals surface area contributed by atoms with Gasteiger partial charge in [0.15, 0.2) is 11.5 Å². The zero-order valence-electron chi connectivity index (χ0n) is 12.6. The summed E-state index contributed by atoms with van der Waals surface area (Å²) >= 11 is 0. The highest BCUT2D eigenvalue weighted by molar-refractivity contribution is 5.55. The summed E-state index contributed by atoms with van der Waals surface area (Å²) in [6.07, 6.45) is 3.72. The van der Waals surface area contributed by atoms with Crippen molar-refractivity contribution < 1.29 is 14.2 Å². The summed E-state index contributed by atoms with van der Waals surface area (Å²) in [5.74, 6) is 1.98. The monoisotopic (exact) mass is 291 g/mol. The molecule has 0 saturated heterocycles. The van der Waals surface area contributed by atoms with Crippen LogP contribution in [0.25, 0.3) is 0 Å². The van der Waals surface area contributed by atoms with Gasteiger partial charge in [0.1, 0.15) is 0 Å². The summed E-state index contributed by atoms with van der Waals surface area (Å²) in [6, 6.07) is 5.77. The first kappa shape index (κ1) is 15.2. The zero-order chi connectivity index (χ0) is 15.1. The van der Waals surface area contributed by atoms with Crippen LogP contribution in [0.5, 0.6) is 17.2 Å². The Bertz CT molecular complexity index is 556. The van der Waals surface area contributed by atoms with Crippen LogP contribution < -0.4 is 19.5 Å². The van der Waals surface area contributed by atoms with Crippen molar-refractivity contribution in [3.63, 3.8) is 0 Å². The van der Waals surface area contributed by atoms with Crippen LogP contribution in [0.15, 0.2) is 30.6 Å². The van der Waals surface area contributed by atoms with Crippen molar-refractivity contribution in [3.05, 3.63) is 36.2 Å². The van der Waals surface area contributed by atoms with Gasteiger partial charge in [0.2, 0.25) is 5.75 Å². The lowest BCUT2D eigenvalue weighted by molar-refractivity contribution is 0.321. The molecule has 1 heterocycles. The number of hydrogen-bond donors (Lipinski definition) is 1. The summed E-state index contributed by atoms with van der Waals surface area (Å²) in [5.41, 5.74) is 1.02. The Balaban J connectivity index is 1.99. The molecule has 1 aromatic carbocycles. The normalized spacial score (nSPS) is 10.4. The first-order valence-corrected chi connectivity index (χ1v) is 6.76. The Kier molecular flexibility index (Phi) is 5.45. The van der Waals surface area contributed by atoms with Gasteiger partial charge in [0.05, 0.1) is 27.9 Å². The number of nitrogens with one attached hydrogen (secondary N) is 1. The molecule has 0 unspecified atom stereocenters. The molecule has 1 N–H and O–H groups in total. The van der Waals surface area contributed by atoms with Crippen molar-refractivity contribution in [2.24, 2.45) is 0 Å². The van der Waals surface area contributed by atoms with Gasteiger partial charge in [-0.15, -0.1) is 0 Å². The largest absolute Gasteiger partial charge is 0.493 e. The average Bonchev–Trinajstić information content (AvgIpc) is 3.03. The molecule has 0 spiro atoms. The first-order chi connectivity index (χ1) is 10.3. The lowest BCUT2D eigenvalue weighted by Gasteiger charge is -2.16. The molecule has 0 aliphatic carbocycles. The Labute approximate surface area is 124 Å². The van der Waals surface area contributed by atoms with Gasteiger partial charge in [-0.25, -0.2) is 0 Å². The van der Waals surface area contributed by atoms with Gasteiger partial charge >= 0.3 is 0 Å². The first-order valence-electron chi connectivity index (χ1n) is 6.76. The highest BCUT2D eigenvalue weighted by Crippen LogP contribution is 2.39. The number of nitrogens with zero attached hydrogens (tertiary/aromatic N) is 2. The van der Waals surface area contributed by atoms with Crippen LogP contribution in [0.4, 0.5) is 0 Å². The van der Waals surface area contributed by atoms with Crippen molar-refractivity contribution in [1.29, 1.82) is 0 Å². The van der Waals surface area contributed by atoms with Gasteiger partial charge in [-0.3, -0.25) is 4.68 Å². The van der Waals surface area contributed by atoms with Gasteiger partial charge in [0.25, 0.3) is 0 Å². The standard InChI is InChI=1S/C15H21N3O3/c1-19-13-6-5-12(14(20-2)15(13)21-3)11-16-8-10-18-9-4-7-17-18/h4-7,9,16H,8,10-11H2,1-3H3. The molecule has 114 valence electrons. The average molecular weight is 291 g/mol. The Morgan fingerprint density at radius 1 is 1.10 bits per heavy atom. The number of ether oxygens (including phenoxy) is 3. The molecule has 2 rings (SSSR count). The van der Waals surface area contributed by atoms with E-state index in [0.29, 0.717) is 23.8 Å². The van der Waals surface area contributed by atoms with Crippen LogP contribution in [0.1, 0.15) is 5.56 Å². The Morgan fingerprint density at radius 3 is 2.52 bits per heavy atom. The van der Waals surface area contributed by atoms with E-state index in [1.807, 2.05) is 29.1 Å². The minimum Gasteiger partial charge on any atom is -0.493 e. The summed E-state index contributed by atoms with van der Waals surface area (Å²) in [4.78, 5) is 0. The fourth-order valence-corrected chi connectivity index (χ4v) is 2.15. The summed E-state index contributed by atoms with van der Waals surface area (Å²) < 4.78 is 18.0. The van der Waals surface area contributed by atoms with Crippen LogP contribution >= 0.6 is 0 Å². The Morgan fingerprint density at radius 2 is 1.90 bits per heavy atom. The molecule has 0 amide bonds. The van der Waals surface area contributed by atoms with Crippen LogP contribution in [-0.4, -0.2) is 37.7 Å². The van der Waals surface area contributed by atoms with E-state index in [1.165, 1.54) is 0 Å². The second-order valence-corrected chi connectivity index (χ2v) is 4.44. The lowest BCUT2D eigenvalue weighted by atomic mass is 10.1. The third kappa shape index (κ3) is 3.66. The fraction of sp³-hybridized carbons (Fsp3) is 0.400. The molecule has 6 heteroatoms. The van der Waals surface area contributed by atoms with E-state index >= 15 is 0 Å². The van der Waals surface area contributed by atoms with Gasteiger partial charge < -0.3 is 19.5 Å². The maximum absolute atomic E-state index is 5.45. The second kappa shape index (κ2) is 7.54. The van der Waals surface area contributed by atoms with Gasteiger partial charge in [-0.2, -0.15) is 5.10 Å². The Hall–Kier alpha value is -2.21. The van der Waals surface area contributed by atoms with E-state index in [-0.39, 0.29) is 0 Å². The van der Waals surface area contributed by atoms with E-state index in [4.69, 9.17) is 14.2 Å². The van der Waals surface area contributed by atoms with E-state index < -0.39 is 0 Å². The molecule has 21 heavy (non-hydrogen) atoms. The number of methoxy groups -OCH3 is 3. The molecule has 1 aromatic heterocycles. The van der Waals surface area contributed by atoms with Crippen LogP contribution in [-0.2, 0) is 13.1 Å². The molecule has 0 bridgehead atoms. The molecule has 6 nitrogen and oxygen atoms in total. The van der Waals surface area contributed by atoms with Gasteiger partial charge in [-0.05, 0) is 12.1 Å². The van der Waals surface area contributed by atoms with Crippen molar-refractivity contribution in [2.75, 3.05) is 27.9 Å². The summed E-state index contributed by atoms with van der Waals surface area (Å²) in [6.45, 7) is 2.33. The van der Waals surface area contributed by atoms with E-state index in [1.54, 1.807) is 27.5 Å². The second-order valence-electron chi connectivity index (χ2n) is 4.44. The third-order valence-electron chi connectivity index (χ3n) is 3.18. The number of rotatable bonds is 8. The molecule has 0 saturated carbocycles. The van der Waals surface area contributed by atoms with Gasteiger partial charge in [-0.1, -0.05) is 6.07 Å². The highest BCUT2D eigenvalue weighted by atomic mass is 16.5. The third-order valence-corrected chi connectivity index (χ3v) is 3.18. The molecular weight excluding hydrogens is 270 g/mol. The molecule has 0 atom stereocenters. The highest BCUT2D eigenvalue weighted by Gasteiger charge is 2.15. The smallest absolute Gasteiger partial charge is 0.203 e. The minimum atomic E-state index is 0.617. The molecule has 0 aliphatic heterocycles. The van der Waals surface area contributed by atoms with Crippen molar-refractivity contribution in [3.8, 4) is 17.2 Å². The summed E-state index contributed by atoms with van der Waals surface area (Å²) in [5, 5.41) is 7.53. The van der Waals surface area contributed by atoms with E-state index in [0.717, 1.165) is 18.7 Å². The van der Waals surface area contributed by atoms with Crippen molar-refractivity contribution in [1.82, 2.24) is 15.1 Å². The maximum atomic E-state index is 5.45. The lowest BCUT2D eigenvalue weighted by Crippen LogP contribution is -2.20. The number of benzene rings is 1. The van der Waals surface area contributed by atoms with E-state index in [2.05, 4.69) is 10.4 Å². The number of aromatic nitrogens is 2. The van der Waals surface area contributed by atoms with E-state index in [9.17, 15) is 0 Å². The molecular formula is C15H21N3O3. The maximum Gasteiger partial charge on any atom is 0.203 e. The van der Waals surface area contributed by atoms with Crippen LogP contribution in [0.2, 0.25) is 0 Å². The predicted octanol–water partition coefficient (Wildman–Crippen LogP) is 1.70. The number of hydrogen-bond acceptors (Lipinski definition) is 5. The molecule has 0 aliphatic rings. The SMILES string of the molecule is COc1ccc(CNCCn2cccn2)c(OC)c1OC. The van der Waals surface area contributed by atoms with Crippen molar-refractivity contribution in [2.45, 2.75) is 13.1 Å². The molecule has 2 aromatic rings. The minimum absolute atomic E-state index is 0.617. The fourth-order valence-electron chi connectivity index (χ4n) is 2.15. The molecule has 0 fully saturated rings. The molecule has 0 radical (unpaired) electrons. The quantitative estimate of drug-likeness (QED) is 0.750. The topological polar surface area (TPSA) is 57.5 Å². The van der Waals surface area contributed by atoms with Crippen LogP contribution in [0.3, 0.4) is 0 Å². The summed E-state index contributed by atoms with van der Waals surface area (Å²) in [7, 11) is 4.85. The predicted molar refractivity (Wildman–Crippen MR) is 80.0 cm³/mol. The van der Waals surface area contributed by atoms with Gasteiger partial charge in [0, 0.05) is 31.0 Å².